The molecule has 0 radical (unpaired) electrons. The zero-order valence-corrected chi connectivity index (χ0v) is 16.7. The molecule has 4 amide bonds. The van der Waals surface area contributed by atoms with Gasteiger partial charge >= 0.3 is 6.03 Å². The summed E-state index contributed by atoms with van der Waals surface area (Å²) in [5, 5.41) is 9.22. The lowest BCUT2D eigenvalue weighted by Crippen LogP contribution is -2.66. The highest BCUT2D eigenvalue weighted by Gasteiger charge is 2.56. The number of aryl methyl sites for hydroxylation is 1. The number of carbonyl (C=O) groups is 3. The van der Waals surface area contributed by atoms with Crippen molar-refractivity contribution < 1.29 is 14.4 Å². The van der Waals surface area contributed by atoms with Crippen molar-refractivity contribution in [3.05, 3.63) is 35.4 Å². The van der Waals surface area contributed by atoms with Crippen molar-refractivity contribution in [1.82, 2.24) is 25.0 Å². The van der Waals surface area contributed by atoms with Gasteiger partial charge in [-0.15, -0.1) is 0 Å². The first-order chi connectivity index (χ1) is 13.8. The Morgan fingerprint density at radius 2 is 2.00 bits per heavy atom. The average Bonchev–Trinajstić information content (AvgIpc) is 3.04. The second-order valence-electron chi connectivity index (χ2n) is 7.75. The minimum absolute atomic E-state index is 0.0796. The molecule has 3 atom stereocenters. The third-order valence-electron chi connectivity index (χ3n) is 5.66. The highest BCUT2D eigenvalue weighted by Crippen LogP contribution is 2.31. The second-order valence-corrected chi connectivity index (χ2v) is 7.75. The van der Waals surface area contributed by atoms with Crippen LogP contribution in [0.4, 0.5) is 4.79 Å². The number of amides is 4. The van der Waals surface area contributed by atoms with Crippen LogP contribution in [0.2, 0.25) is 0 Å². The van der Waals surface area contributed by atoms with E-state index >= 15 is 0 Å². The van der Waals surface area contributed by atoms with Crippen molar-refractivity contribution in [2.24, 2.45) is 10.8 Å². The smallest absolute Gasteiger partial charge is 0.328 e. The molecule has 0 aliphatic carbocycles. The van der Waals surface area contributed by atoms with Gasteiger partial charge in [-0.25, -0.2) is 9.69 Å². The van der Waals surface area contributed by atoms with Gasteiger partial charge in [0, 0.05) is 19.3 Å². The van der Waals surface area contributed by atoms with Gasteiger partial charge in [-0.1, -0.05) is 24.3 Å². The first-order valence-corrected chi connectivity index (χ1v) is 9.51. The number of primary amides is 1. The number of hydrogen-bond acceptors (Lipinski definition) is 7. The molecule has 0 aromatic heterocycles. The zero-order valence-electron chi connectivity index (χ0n) is 16.7. The van der Waals surface area contributed by atoms with E-state index in [1.165, 1.54) is 9.91 Å². The summed E-state index contributed by atoms with van der Waals surface area (Å²) in [6, 6.07) is 6.77. The van der Waals surface area contributed by atoms with Crippen LogP contribution in [-0.2, 0) is 16.1 Å². The fourth-order valence-corrected chi connectivity index (χ4v) is 4.23. The lowest BCUT2D eigenvalue weighted by Gasteiger charge is -2.42. The van der Waals surface area contributed by atoms with E-state index in [0.29, 0.717) is 6.54 Å². The van der Waals surface area contributed by atoms with Crippen LogP contribution in [0.5, 0.6) is 0 Å². The van der Waals surface area contributed by atoms with Gasteiger partial charge in [0.2, 0.25) is 5.91 Å². The molecule has 4 rings (SSSR count). The molecule has 3 aliphatic rings. The summed E-state index contributed by atoms with van der Waals surface area (Å²) < 4.78 is 0. The van der Waals surface area contributed by atoms with Crippen LogP contribution >= 0.6 is 0 Å². The molecule has 2 fully saturated rings. The van der Waals surface area contributed by atoms with Gasteiger partial charge in [0.1, 0.15) is 18.8 Å². The molecule has 29 heavy (non-hydrogen) atoms. The third-order valence-corrected chi connectivity index (χ3v) is 5.66. The molecule has 0 spiro atoms. The van der Waals surface area contributed by atoms with Gasteiger partial charge in [0.25, 0.3) is 5.91 Å². The molecule has 3 heterocycles. The zero-order chi connectivity index (χ0) is 20.9. The fraction of sp³-hybridized carbons (Fsp3) is 0.474. The predicted molar refractivity (Wildman–Crippen MR) is 105 cm³/mol. The Bertz CT molecular complexity index is 902. The number of rotatable bonds is 4. The number of nitrogens with two attached hydrogens (primary N) is 1. The van der Waals surface area contributed by atoms with Crippen molar-refractivity contribution in [3.8, 4) is 0 Å². The number of imide groups is 1. The van der Waals surface area contributed by atoms with Gasteiger partial charge in [-0.05, 0) is 25.0 Å². The summed E-state index contributed by atoms with van der Waals surface area (Å²) in [4.78, 5) is 42.6. The number of hydrazone groups is 1. The second kappa shape index (κ2) is 7.12. The Hall–Kier alpha value is -2.98. The van der Waals surface area contributed by atoms with Crippen molar-refractivity contribution in [3.63, 3.8) is 0 Å². The van der Waals surface area contributed by atoms with Gasteiger partial charge in [0.05, 0.1) is 6.54 Å². The molecule has 0 saturated carbocycles. The molecule has 1 aromatic rings. The molecule has 154 valence electrons. The molecule has 1 aromatic carbocycles. The Balaban J connectivity index is 1.64. The number of likely N-dealkylation sites (N-methyl/N-ethyl adjacent to an activating group) is 1. The van der Waals surface area contributed by atoms with Crippen LogP contribution in [0.15, 0.2) is 29.4 Å². The topological polar surface area (TPSA) is 115 Å². The van der Waals surface area contributed by atoms with Crippen LogP contribution in [0.25, 0.3) is 0 Å². The average molecular weight is 399 g/mol. The standard InChI is InChI=1S/C19H25N7O3/c1-11-6-4-5-7-13(11)9-25-17(28)15-16(23(3)19(25)29)21-18-24(15)8-12(2)22-26(18)10-14(20)27/h4-7,15-16,18,21H,8-10H2,1-3H3,(H2,20,27). The fourth-order valence-electron chi connectivity index (χ4n) is 4.23. The van der Waals surface area contributed by atoms with Crippen LogP contribution in [-0.4, -0.2) is 81.9 Å². The van der Waals surface area contributed by atoms with E-state index in [2.05, 4.69) is 10.4 Å². The van der Waals surface area contributed by atoms with Crippen molar-refractivity contribution in [2.45, 2.75) is 38.9 Å². The quantitative estimate of drug-likeness (QED) is 0.702. The molecule has 2 saturated heterocycles. The molecule has 0 bridgehead atoms. The number of carbonyl (C=O) groups excluding carboxylic acids is 3. The molecule has 10 heteroatoms. The maximum Gasteiger partial charge on any atom is 0.328 e. The Labute approximate surface area is 168 Å². The van der Waals surface area contributed by atoms with Gasteiger partial charge in [-0.3, -0.25) is 24.8 Å². The van der Waals surface area contributed by atoms with E-state index in [-0.39, 0.29) is 25.0 Å². The highest BCUT2D eigenvalue weighted by molar-refractivity contribution is 6.01. The highest BCUT2D eigenvalue weighted by atomic mass is 16.2. The minimum Gasteiger partial charge on any atom is -0.368 e. The van der Waals surface area contributed by atoms with E-state index < -0.39 is 24.4 Å². The normalized spacial score (nSPS) is 27.1. The summed E-state index contributed by atoms with van der Waals surface area (Å²) in [5.74, 6) is -0.776. The number of fused-ring (bicyclic) bond motifs is 3. The summed E-state index contributed by atoms with van der Waals surface area (Å²) >= 11 is 0. The van der Waals surface area contributed by atoms with Crippen molar-refractivity contribution in [2.75, 3.05) is 20.1 Å². The molecule has 3 unspecified atom stereocenters. The largest absolute Gasteiger partial charge is 0.368 e. The monoisotopic (exact) mass is 399 g/mol. The maximum absolute atomic E-state index is 13.4. The number of hydrogen-bond donors (Lipinski definition) is 2. The lowest BCUT2D eigenvalue weighted by atomic mass is 10.1. The van der Waals surface area contributed by atoms with Crippen LogP contribution in [0.1, 0.15) is 18.1 Å². The third kappa shape index (κ3) is 3.23. The van der Waals surface area contributed by atoms with E-state index in [0.717, 1.165) is 16.8 Å². The number of nitrogens with zero attached hydrogens (tertiary/aromatic N) is 5. The maximum atomic E-state index is 13.4. The number of nitrogens with one attached hydrogen (secondary N) is 1. The van der Waals surface area contributed by atoms with E-state index in [1.54, 1.807) is 11.9 Å². The summed E-state index contributed by atoms with van der Waals surface area (Å²) in [7, 11) is 1.68. The van der Waals surface area contributed by atoms with Gasteiger partial charge < -0.3 is 10.6 Å². The lowest BCUT2D eigenvalue weighted by molar-refractivity contribution is -0.139. The molecule has 10 nitrogen and oxygen atoms in total. The van der Waals surface area contributed by atoms with E-state index in [4.69, 9.17) is 5.73 Å². The van der Waals surface area contributed by atoms with Crippen LogP contribution in [0, 0.1) is 6.92 Å². The van der Waals surface area contributed by atoms with Crippen LogP contribution < -0.4 is 11.1 Å². The number of urea groups is 1. The summed E-state index contributed by atoms with van der Waals surface area (Å²) in [6.45, 7) is 4.39. The van der Waals surface area contributed by atoms with Crippen molar-refractivity contribution in [1.29, 1.82) is 0 Å². The summed E-state index contributed by atoms with van der Waals surface area (Å²) in [6.07, 6.45) is -0.997. The van der Waals surface area contributed by atoms with E-state index in [9.17, 15) is 14.4 Å². The van der Waals surface area contributed by atoms with Gasteiger partial charge in [-0.2, -0.15) is 5.10 Å². The molecule has 3 N–H and O–H groups in total. The Morgan fingerprint density at radius 1 is 1.28 bits per heavy atom. The molecular formula is C19H25N7O3. The Morgan fingerprint density at radius 3 is 2.69 bits per heavy atom. The predicted octanol–water partition coefficient (Wildman–Crippen LogP) is -0.551. The first kappa shape index (κ1) is 19.3. The SMILES string of the molecule is CC1=NN(CC(N)=O)C2NC3C(C(=O)N(Cc4ccccc4C)C(=O)N3C)N2C1. The molecular weight excluding hydrogens is 374 g/mol. The molecule has 3 aliphatic heterocycles. The number of benzene rings is 1. The van der Waals surface area contributed by atoms with E-state index in [1.807, 2.05) is 43.0 Å². The van der Waals surface area contributed by atoms with Crippen molar-refractivity contribution >= 4 is 23.6 Å². The first-order valence-electron chi connectivity index (χ1n) is 9.51. The summed E-state index contributed by atoms with van der Waals surface area (Å²) in [5.41, 5.74) is 8.08. The van der Waals surface area contributed by atoms with Crippen LogP contribution in [0.3, 0.4) is 0 Å². The van der Waals surface area contributed by atoms with Gasteiger partial charge in [0.15, 0.2) is 6.29 Å². The minimum atomic E-state index is -0.576. The Kier molecular flexibility index (Phi) is 4.75.